The zero-order chi connectivity index (χ0) is 33.8. The molecule has 4 aromatic carbocycles. The first-order valence-electron chi connectivity index (χ1n) is 16.8. The second-order valence-electron chi connectivity index (χ2n) is 14.5. The lowest BCUT2D eigenvalue weighted by molar-refractivity contribution is -0.923. The zero-order valence-corrected chi connectivity index (χ0v) is 29.5. The van der Waals surface area contributed by atoms with Gasteiger partial charge in [0.1, 0.15) is 17.8 Å². The maximum absolute atomic E-state index is 6.97. The highest BCUT2D eigenvalue weighted by Gasteiger charge is 2.41. The molecule has 0 spiro atoms. The summed E-state index contributed by atoms with van der Waals surface area (Å²) in [6.45, 7) is 2.00. The van der Waals surface area contributed by atoms with Gasteiger partial charge < -0.3 is 37.4 Å². The van der Waals surface area contributed by atoms with Gasteiger partial charge in [0, 0.05) is 31.2 Å². The van der Waals surface area contributed by atoms with Crippen molar-refractivity contribution in [3.8, 4) is 46.0 Å². The number of likely N-dealkylation sites (N-methyl/N-ethyl adjacent to an activating group) is 2. The Morgan fingerprint density at radius 3 is 1.98 bits per heavy atom. The number of hydrogen-bond donors (Lipinski definition) is 0. The molecule has 8 nitrogen and oxygen atoms in total. The van der Waals surface area contributed by atoms with Crippen LogP contribution in [0.5, 0.6) is 46.0 Å². The SMILES string of the molecule is COc1ccc2cc1Oc1cc3c(cc1OC)CC[N+](C)(C)[C@H]3Cc1cccc(c1)Oc1c(OC)c(OC)cc3c1[C@@H](C2)[N+](C)(C)CC3. The summed E-state index contributed by atoms with van der Waals surface area (Å²) >= 11 is 0. The molecule has 0 amide bonds. The number of hydrogen-bond acceptors (Lipinski definition) is 6. The van der Waals surface area contributed by atoms with Crippen LogP contribution in [0.1, 0.15) is 45.5 Å². The molecule has 6 bridgehead atoms. The molecule has 7 rings (SSSR count). The molecule has 8 heteroatoms. The number of ether oxygens (including phenoxy) is 6. The van der Waals surface area contributed by atoms with E-state index in [-0.39, 0.29) is 12.1 Å². The average Bonchev–Trinajstić information content (AvgIpc) is 3.07. The fourth-order valence-corrected chi connectivity index (χ4v) is 7.99. The third-order valence-corrected chi connectivity index (χ3v) is 10.9. The summed E-state index contributed by atoms with van der Waals surface area (Å²) in [4.78, 5) is 0. The van der Waals surface area contributed by atoms with Crippen LogP contribution in [0.15, 0.2) is 60.7 Å². The van der Waals surface area contributed by atoms with Crippen molar-refractivity contribution in [3.05, 3.63) is 94.0 Å². The summed E-state index contributed by atoms with van der Waals surface area (Å²) in [6.07, 6.45) is 3.45. The second-order valence-corrected chi connectivity index (χ2v) is 14.5. The van der Waals surface area contributed by atoms with Gasteiger partial charge in [-0.1, -0.05) is 18.2 Å². The lowest BCUT2D eigenvalue weighted by atomic mass is 9.86. The average molecular weight is 653 g/mol. The minimum Gasteiger partial charge on any atom is -0.493 e. The Hall–Kier alpha value is -4.40. The van der Waals surface area contributed by atoms with Crippen LogP contribution in [-0.2, 0) is 25.7 Å². The molecule has 0 saturated heterocycles. The van der Waals surface area contributed by atoms with Gasteiger partial charge in [-0.2, -0.15) is 0 Å². The lowest BCUT2D eigenvalue weighted by Crippen LogP contribution is -2.48. The van der Waals surface area contributed by atoms with Gasteiger partial charge in [0.25, 0.3) is 0 Å². The van der Waals surface area contributed by atoms with Crippen molar-refractivity contribution >= 4 is 0 Å². The lowest BCUT2D eigenvalue weighted by Gasteiger charge is -2.43. The van der Waals surface area contributed by atoms with E-state index in [1.165, 1.54) is 22.3 Å². The molecule has 3 aliphatic heterocycles. The van der Waals surface area contributed by atoms with E-state index >= 15 is 0 Å². The predicted molar refractivity (Wildman–Crippen MR) is 186 cm³/mol. The molecule has 0 aliphatic carbocycles. The van der Waals surface area contributed by atoms with E-state index in [0.29, 0.717) is 28.7 Å². The number of nitrogens with zero attached hydrogens (tertiary/aromatic N) is 2. The summed E-state index contributed by atoms with van der Waals surface area (Å²) < 4.78 is 39.1. The van der Waals surface area contributed by atoms with Crippen molar-refractivity contribution in [3.63, 3.8) is 0 Å². The zero-order valence-electron chi connectivity index (χ0n) is 29.5. The van der Waals surface area contributed by atoms with Crippen molar-refractivity contribution in [1.29, 1.82) is 0 Å². The van der Waals surface area contributed by atoms with Gasteiger partial charge in [0.2, 0.25) is 5.75 Å². The normalized spacial score (nSPS) is 20.2. The van der Waals surface area contributed by atoms with Crippen molar-refractivity contribution in [2.75, 3.05) is 69.7 Å². The van der Waals surface area contributed by atoms with Crippen molar-refractivity contribution < 1.29 is 37.4 Å². The molecule has 3 aliphatic rings. The quantitative estimate of drug-likeness (QED) is 0.214. The van der Waals surface area contributed by atoms with Gasteiger partial charge in [-0.15, -0.1) is 0 Å². The molecule has 0 radical (unpaired) electrons. The number of benzene rings is 4. The van der Waals surface area contributed by atoms with Gasteiger partial charge in [-0.25, -0.2) is 0 Å². The molecule has 0 fully saturated rings. The molecular formula is C40H48N2O6+2. The number of methoxy groups -OCH3 is 4. The first kappa shape index (κ1) is 32.2. The molecule has 0 unspecified atom stereocenters. The van der Waals surface area contributed by atoms with E-state index < -0.39 is 0 Å². The smallest absolute Gasteiger partial charge is 0.204 e. The molecule has 4 aromatic rings. The summed E-state index contributed by atoms with van der Waals surface area (Å²) in [7, 11) is 16.0. The van der Waals surface area contributed by atoms with E-state index in [9.17, 15) is 0 Å². The van der Waals surface area contributed by atoms with E-state index in [0.717, 1.165) is 76.1 Å². The van der Waals surface area contributed by atoms with Gasteiger partial charge >= 0.3 is 0 Å². The van der Waals surface area contributed by atoms with Crippen LogP contribution in [-0.4, -0.2) is 78.7 Å². The highest BCUT2D eigenvalue weighted by molar-refractivity contribution is 5.62. The highest BCUT2D eigenvalue weighted by Crippen LogP contribution is 2.52. The topological polar surface area (TPSA) is 55.4 Å². The van der Waals surface area contributed by atoms with Crippen LogP contribution in [0, 0.1) is 0 Å². The van der Waals surface area contributed by atoms with Crippen LogP contribution in [0.2, 0.25) is 0 Å². The molecule has 48 heavy (non-hydrogen) atoms. The fourth-order valence-electron chi connectivity index (χ4n) is 7.99. The summed E-state index contributed by atoms with van der Waals surface area (Å²) in [5.74, 6) is 5.56. The van der Waals surface area contributed by atoms with Gasteiger partial charge in [-0.05, 0) is 64.7 Å². The Morgan fingerprint density at radius 1 is 0.604 bits per heavy atom. The first-order valence-corrected chi connectivity index (χ1v) is 16.8. The first-order chi connectivity index (χ1) is 23.0. The summed E-state index contributed by atoms with van der Waals surface area (Å²) in [6, 6.07) is 21.6. The third kappa shape index (κ3) is 5.61. The van der Waals surface area contributed by atoms with Crippen molar-refractivity contribution in [2.24, 2.45) is 0 Å². The summed E-state index contributed by atoms with van der Waals surface area (Å²) in [5, 5.41) is 0. The minimum atomic E-state index is 0.0701. The second kappa shape index (κ2) is 12.2. The van der Waals surface area contributed by atoms with E-state index in [1.54, 1.807) is 28.4 Å². The Balaban J connectivity index is 1.48. The van der Waals surface area contributed by atoms with Crippen LogP contribution >= 0.6 is 0 Å². The Morgan fingerprint density at radius 2 is 1.25 bits per heavy atom. The van der Waals surface area contributed by atoms with E-state index in [4.69, 9.17) is 28.4 Å². The van der Waals surface area contributed by atoms with Crippen molar-refractivity contribution in [1.82, 2.24) is 0 Å². The van der Waals surface area contributed by atoms with Gasteiger partial charge in [-0.3, -0.25) is 0 Å². The van der Waals surface area contributed by atoms with Crippen LogP contribution in [0.25, 0.3) is 0 Å². The summed E-state index contributed by atoms with van der Waals surface area (Å²) in [5.41, 5.74) is 7.29. The molecule has 252 valence electrons. The van der Waals surface area contributed by atoms with Crippen LogP contribution in [0.3, 0.4) is 0 Å². The maximum Gasteiger partial charge on any atom is 0.204 e. The Kier molecular flexibility index (Phi) is 8.20. The molecule has 0 N–H and O–H groups in total. The van der Waals surface area contributed by atoms with Crippen molar-refractivity contribution in [2.45, 2.75) is 37.8 Å². The third-order valence-electron chi connectivity index (χ3n) is 10.9. The van der Waals surface area contributed by atoms with Crippen LogP contribution < -0.4 is 28.4 Å². The maximum atomic E-state index is 6.97. The van der Waals surface area contributed by atoms with Crippen LogP contribution in [0.4, 0.5) is 0 Å². The van der Waals surface area contributed by atoms with E-state index in [2.05, 4.69) is 76.7 Å². The van der Waals surface area contributed by atoms with E-state index in [1.807, 2.05) is 12.1 Å². The molecule has 2 atom stereocenters. The number of quaternary nitrogens is 2. The molecule has 3 heterocycles. The number of rotatable bonds is 4. The molecule has 0 saturated carbocycles. The fraction of sp³-hybridized carbons (Fsp3) is 0.400. The van der Waals surface area contributed by atoms with Gasteiger partial charge in [0.15, 0.2) is 34.5 Å². The number of fused-ring (bicyclic) bond motifs is 5. The largest absolute Gasteiger partial charge is 0.493 e. The highest BCUT2D eigenvalue weighted by atomic mass is 16.5. The Labute approximate surface area is 284 Å². The van der Waals surface area contributed by atoms with Gasteiger partial charge in [0.05, 0.1) is 75.3 Å². The molecular weight excluding hydrogens is 604 g/mol. The minimum absolute atomic E-state index is 0.0701. The monoisotopic (exact) mass is 652 g/mol. The predicted octanol–water partition coefficient (Wildman–Crippen LogP) is 7.45. The molecule has 0 aromatic heterocycles. The Bertz CT molecular complexity index is 1870. The standard InChI is InChI=1S/C40H48N2O6/c1-41(2)16-14-27-22-34(44-6)36-24-30(27)31(41)19-25-10-9-11-29(18-25)47-40-38-28(23-37(45-7)39(40)46-8)15-17-42(3,4)32(38)20-26-12-13-33(43-5)35(21-26)48-36/h9-13,18,21-24,31-32H,14-17,19-20H2,1-8H3/q+2/t31-,32+/m0/s1.